The lowest BCUT2D eigenvalue weighted by Gasteiger charge is -2.22. The number of hydrogen-bond donors (Lipinski definition) is 3. The molecule has 1 aromatic heterocycles. The molecule has 3 N–H and O–H groups in total. The summed E-state index contributed by atoms with van der Waals surface area (Å²) in [6.45, 7) is 3.90. The Morgan fingerprint density at radius 3 is 2.76 bits per heavy atom. The fourth-order valence-corrected chi connectivity index (χ4v) is 1.35. The minimum Gasteiger partial charge on any atom is -0.480 e. The highest BCUT2D eigenvalue weighted by Gasteiger charge is 2.18. The molecule has 0 radical (unpaired) electrons. The molecule has 1 aromatic rings. The highest BCUT2D eigenvalue weighted by molar-refractivity contribution is 5.91. The molecule has 17 heavy (non-hydrogen) atoms. The second kappa shape index (κ2) is 5.88. The summed E-state index contributed by atoms with van der Waals surface area (Å²) in [6.07, 6.45) is 2.97. The van der Waals surface area contributed by atoms with Gasteiger partial charge in [-0.15, -0.1) is 0 Å². The molecule has 0 saturated heterocycles. The quantitative estimate of drug-likeness (QED) is 0.714. The summed E-state index contributed by atoms with van der Waals surface area (Å²) in [5.41, 5.74) is 0.508. The van der Waals surface area contributed by atoms with E-state index in [4.69, 9.17) is 5.11 Å². The van der Waals surface area contributed by atoms with E-state index in [1.807, 2.05) is 13.8 Å². The Labute approximate surface area is 98.8 Å². The molecule has 1 rings (SSSR count). The van der Waals surface area contributed by atoms with Crippen molar-refractivity contribution in [3.8, 4) is 0 Å². The maximum absolute atomic E-state index is 11.8. The van der Waals surface area contributed by atoms with Crippen molar-refractivity contribution < 1.29 is 14.7 Å². The number of hydrogen-bond acceptors (Lipinski definition) is 3. The molecular formula is C10H16N4O3. The Kier molecular flexibility index (Phi) is 4.50. The van der Waals surface area contributed by atoms with Gasteiger partial charge in [0, 0.05) is 12.7 Å². The summed E-state index contributed by atoms with van der Waals surface area (Å²) in [5, 5.41) is 17.5. The molecule has 0 saturated carbocycles. The van der Waals surface area contributed by atoms with Crippen LogP contribution < -0.4 is 5.32 Å². The van der Waals surface area contributed by atoms with Crippen molar-refractivity contribution in [2.45, 2.75) is 13.8 Å². The van der Waals surface area contributed by atoms with Crippen molar-refractivity contribution in [2.75, 3.05) is 18.4 Å². The first-order valence-electron chi connectivity index (χ1n) is 5.25. The molecule has 0 spiro atoms. The van der Waals surface area contributed by atoms with E-state index >= 15 is 0 Å². The monoisotopic (exact) mass is 240 g/mol. The van der Waals surface area contributed by atoms with Crippen LogP contribution in [0.1, 0.15) is 13.8 Å². The third-order valence-electron chi connectivity index (χ3n) is 1.95. The summed E-state index contributed by atoms with van der Waals surface area (Å²) in [7, 11) is 0. The van der Waals surface area contributed by atoms with Gasteiger partial charge in [-0.2, -0.15) is 5.10 Å². The van der Waals surface area contributed by atoms with Gasteiger partial charge in [-0.3, -0.25) is 9.89 Å². The second-order valence-corrected chi connectivity index (χ2v) is 4.09. The van der Waals surface area contributed by atoms with Crippen molar-refractivity contribution in [3.05, 3.63) is 12.4 Å². The number of aromatic nitrogens is 2. The lowest BCUT2D eigenvalue weighted by molar-refractivity contribution is -0.137. The van der Waals surface area contributed by atoms with Crippen LogP contribution in [0.4, 0.5) is 10.5 Å². The Hall–Kier alpha value is -2.05. The first-order chi connectivity index (χ1) is 7.99. The number of nitrogens with one attached hydrogen (secondary N) is 2. The topological polar surface area (TPSA) is 98.3 Å². The number of aliphatic carboxylic acids is 1. The highest BCUT2D eigenvalue weighted by atomic mass is 16.4. The number of rotatable bonds is 5. The average Bonchev–Trinajstić information content (AvgIpc) is 2.67. The molecule has 2 amide bonds. The van der Waals surface area contributed by atoms with Crippen LogP contribution >= 0.6 is 0 Å². The van der Waals surface area contributed by atoms with Gasteiger partial charge < -0.3 is 15.3 Å². The molecule has 0 unspecified atom stereocenters. The Morgan fingerprint density at radius 2 is 2.29 bits per heavy atom. The number of anilines is 1. The van der Waals surface area contributed by atoms with Gasteiger partial charge >= 0.3 is 12.0 Å². The van der Waals surface area contributed by atoms with Crippen LogP contribution in [-0.2, 0) is 4.79 Å². The molecule has 0 aliphatic heterocycles. The van der Waals surface area contributed by atoms with Crippen LogP contribution in [0.25, 0.3) is 0 Å². The van der Waals surface area contributed by atoms with E-state index in [-0.39, 0.29) is 12.5 Å². The number of amides is 2. The van der Waals surface area contributed by atoms with Crippen molar-refractivity contribution in [1.82, 2.24) is 15.1 Å². The second-order valence-electron chi connectivity index (χ2n) is 4.09. The lowest BCUT2D eigenvalue weighted by atomic mass is 10.2. The summed E-state index contributed by atoms with van der Waals surface area (Å²) >= 11 is 0. The number of carbonyl (C=O) groups excluding carboxylic acids is 1. The summed E-state index contributed by atoms with van der Waals surface area (Å²) < 4.78 is 0. The van der Waals surface area contributed by atoms with Crippen molar-refractivity contribution in [2.24, 2.45) is 5.92 Å². The van der Waals surface area contributed by atoms with Gasteiger partial charge in [-0.1, -0.05) is 13.8 Å². The van der Waals surface area contributed by atoms with Gasteiger partial charge in [-0.05, 0) is 5.92 Å². The maximum atomic E-state index is 11.8. The largest absolute Gasteiger partial charge is 0.480 e. The number of carbonyl (C=O) groups is 2. The fraction of sp³-hybridized carbons (Fsp3) is 0.500. The molecule has 0 bridgehead atoms. The predicted octanol–water partition coefficient (Wildman–Crippen LogP) is 0.984. The highest BCUT2D eigenvalue weighted by Crippen LogP contribution is 2.05. The minimum absolute atomic E-state index is 0.199. The molecule has 0 aliphatic rings. The standard InChI is InChI=1S/C10H16N4O3/c1-7(2)5-14(6-9(15)16)10(17)13-8-3-11-12-4-8/h3-4,7H,5-6H2,1-2H3,(H,11,12)(H,13,17)(H,15,16). The van der Waals surface area contributed by atoms with E-state index in [0.29, 0.717) is 12.2 Å². The molecule has 0 atom stereocenters. The normalized spacial score (nSPS) is 10.3. The zero-order chi connectivity index (χ0) is 12.8. The molecule has 7 nitrogen and oxygen atoms in total. The van der Waals surface area contributed by atoms with Crippen LogP contribution in [0.5, 0.6) is 0 Å². The summed E-state index contributed by atoms with van der Waals surface area (Å²) in [6, 6.07) is -0.442. The van der Waals surface area contributed by atoms with Gasteiger partial charge in [0.1, 0.15) is 6.54 Å². The number of H-pyrrole nitrogens is 1. The number of carboxylic acid groups (broad SMARTS) is 1. The first kappa shape index (κ1) is 13.0. The molecule has 1 heterocycles. The Morgan fingerprint density at radius 1 is 1.59 bits per heavy atom. The number of nitrogens with zero attached hydrogens (tertiary/aromatic N) is 2. The van der Waals surface area contributed by atoms with Crippen LogP contribution in [0.15, 0.2) is 12.4 Å². The molecule has 7 heteroatoms. The molecule has 0 aliphatic carbocycles. The summed E-state index contributed by atoms with van der Waals surface area (Å²) in [5.74, 6) is -0.836. The van der Waals surface area contributed by atoms with Crippen molar-refractivity contribution in [3.63, 3.8) is 0 Å². The van der Waals surface area contributed by atoms with Crippen molar-refractivity contribution >= 4 is 17.7 Å². The van der Waals surface area contributed by atoms with E-state index in [2.05, 4.69) is 15.5 Å². The van der Waals surface area contributed by atoms with Crippen LogP contribution in [0.3, 0.4) is 0 Å². The van der Waals surface area contributed by atoms with E-state index in [1.54, 1.807) is 0 Å². The van der Waals surface area contributed by atoms with Gasteiger partial charge in [0.05, 0.1) is 11.9 Å². The number of carboxylic acids is 1. The van der Waals surface area contributed by atoms with E-state index in [1.165, 1.54) is 17.3 Å². The molecule has 0 fully saturated rings. The van der Waals surface area contributed by atoms with Gasteiger partial charge in [0.15, 0.2) is 0 Å². The van der Waals surface area contributed by atoms with E-state index in [0.717, 1.165) is 0 Å². The van der Waals surface area contributed by atoms with Crippen LogP contribution in [0, 0.1) is 5.92 Å². The van der Waals surface area contributed by atoms with Gasteiger partial charge in [0.2, 0.25) is 0 Å². The third kappa shape index (κ3) is 4.54. The van der Waals surface area contributed by atoms with Crippen LogP contribution in [0.2, 0.25) is 0 Å². The Bertz CT molecular complexity index is 375. The molecule has 0 aromatic carbocycles. The predicted molar refractivity (Wildman–Crippen MR) is 61.7 cm³/mol. The SMILES string of the molecule is CC(C)CN(CC(=O)O)C(=O)Nc1cn[nH]c1. The van der Waals surface area contributed by atoms with Crippen molar-refractivity contribution in [1.29, 1.82) is 0 Å². The summed E-state index contributed by atoms with van der Waals surface area (Å²) in [4.78, 5) is 23.7. The fourth-order valence-electron chi connectivity index (χ4n) is 1.35. The smallest absolute Gasteiger partial charge is 0.323 e. The van der Waals surface area contributed by atoms with E-state index < -0.39 is 12.0 Å². The number of aromatic amines is 1. The lowest BCUT2D eigenvalue weighted by Crippen LogP contribution is -2.40. The van der Waals surface area contributed by atoms with Crippen LogP contribution in [-0.4, -0.2) is 45.3 Å². The molecular weight excluding hydrogens is 224 g/mol. The minimum atomic E-state index is -1.03. The Balaban J connectivity index is 2.61. The average molecular weight is 240 g/mol. The number of urea groups is 1. The zero-order valence-corrected chi connectivity index (χ0v) is 9.80. The van der Waals surface area contributed by atoms with Gasteiger partial charge in [0.25, 0.3) is 0 Å². The zero-order valence-electron chi connectivity index (χ0n) is 9.80. The molecule has 94 valence electrons. The first-order valence-corrected chi connectivity index (χ1v) is 5.25. The van der Waals surface area contributed by atoms with Gasteiger partial charge in [-0.25, -0.2) is 4.79 Å². The third-order valence-corrected chi connectivity index (χ3v) is 1.95. The maximum Gasteiger partial charge on any atom is 0.323 e. The van der Waals surface area contributed by atoms with E-state index in [9.17, 15) is 9.59 Å².